The van der Waals surface area contributed by atoms with Gasteiger partial charge in [0, 0.05) is 0 Å². The Morgan fingerprint density at radius 2 is 2.05 bits per heavy atom. The molecule has 4 unspecified atom stereocenters. The number of aryl methyl sites for hydroxylation is 2. The molecular formula is C16H28N4. The molecule has 4 atom stereocenters. The molecule has 1 heterocycles. The normalized spacial score (nSPS) is 28.4. The number of nitrogens with two attached hydrogens (primary N) is 1. The molecule has 0 saturated heterocycles. The van der Waals surface area contributed by atoms with Crippen molar-refractivity contribution in [1.82, 2.24) is 15.6 Å². The van der Waals surface area contributed by atoms with Crippen molar-refractivity contribution in [3.63, 3.8) is 0 Å². The summed E-state index contributed by atoms with van der Waals surface area (Å²) in [5, 5.41) is 8.53. The first-order valence-corrected chi connectivity index (χ1v) is 7.86. The lowest BCUT2D eigenvalue weighted by Gasteiger charge is -2.37. The van der Waals surface area contributed by atoms with Gasteiger partial charge in [0.05, 0.1) is 17.4 Å². The number of aromatic nitrogens is 2. The predicted molar refractivity (Wildman–Crippen MR) is 81.9 cm³/mol. The Morgan fingerprint density at radius 3 is 2.65 bits per heavy atom. The average Bonchev–Trinajstić information content (AvgIpc) is 2.44. The van der Waals surface area contributed by atoms with Gasteiger partial charge in [0.1, 0.15) is 0 Å². The molecule has 1 aliphatic carbocycles. The quantitative estimate of drug-likeness (QED) is 0.655. The molecule has 0 bridgehead atoms. The Morgan fingerprint density at radius 1 is 1.30 bits per heavy atom. The molecule has 0 spiro atoms. The summed E-state index contributed by atoms with van der Waals surface area (Å²) in [7, 11) is 0. The zero-order chi connectivity index (χ0) is 14.7. The second-order valence-corrected chi connectivity index (χ2v) is 6.41. The van der Waals surface area contributed by atoms with Gasteiger partial charge in [-0.2, -0.15) is 10.2 Å². The van der Waals surface area contributed by atoms with Gasteiger partial charge >= 0.3 is 0 Å². The molecule has 1 aromatic rings. The van der Waals surface area contributed by atoms with Crippen molar-refractivity contribution < 1.29 is 0 Å². The van der Waals surface area contributed by atoms with Crippen molar-refractivity contribution in [1.29, 1.82) is 0 Å². The number of hydrogen-bond acceptors (Lipinski definition) is 4. The van der Waals surface area contributed by atoms with Gasteiger partial charge in [0.25, 0.3) is 0 Å². The molecule has 0 amide bonds. The van der Waals surface area contributed by atoms with E-state index in [1.807, 2.05) is 6.92 Å². The molecule has 1 aliphatic rings. The topological polar surface area (TPSA) is 63.8 Å². The fourth-order valence-electron chi connectivity index (χ4n) is 3.45. The monoisotopic (exact) mass is 276 g/mol. The van der Waals surface area contributed by atoms with Gasteiger partial charge in [-0.25, -0.2) is 0 Å². The van der Waals surface area contributed by atoms with Crippen LogP contribution in [0.3, 0.4) is 0 Å². The Hall–Kier alpha value is -1.00. The molecule has 0 radical (unpaired) electrons. The van der Waals surface area contributed by atoms with Crippen molar-refractivity contribution in [2.24, 2.45) is 23.6 Å². The Bertz CT molecular complexity index is 446. The van der Waals surface area contributed by atoms with Crippen molar-refractivity contribution >= 4 is 0 Å². The molecule has 2 rings (SSSR count). The minimum atomic E-state index is 0.203. The van der Waals surface area contributed by atoms with Gasteiger partial charge in [-0.05, 0) is 55.6 Å². The highest BCUT2D eigenvalue weighted by molar-refractivity contribution is 5.25. The van der Waals surface area contributed by atoms with Crippen molar-refractivity contribution in [3.8, 4) is 0 Å². The zero-order valence-electron chi connectivity index (χ0n) is 13.2. The molecule has 1 aromatic heterocycles. The minimum Gasteiger partial charge on any atom is -0.271 e. The van der Waals surface area contributed by atoms with Crippen LogP contribution in [0, 0.1) is 24.7 Å². The van der Waals surface area contributed by atoms with Crippen LogP contribution in [0.25, 0.3) is 0 Å². The van der Waals surface area contributed by atoms with Crippen LogP contribution in [0.2, 0.25) is 0 Å². The van der Waals surface area contributed by atoms with Gasteiger partial charge in [0.2, 0.25) is 0 Å². The number of rotatable bonds is 4. The van der Waals surface area contributed by atoms with E-state index < -0.39 is 0 Å². The average molecular weight is 276 g/mol. The molecule has 20 heavy (non-hydrogen) atoms. The predicted octanol–water partition coefficient (Wildman–Crippen LogP) is 2.92. The van der Waals surface area contributed by atoms with E-state index in [9.17, 15) is 0 Å². The maximum Gasteiger partial charge on any atom is 0.0676 e. The number of hydrazine groups is 1. The summed E-state index contributed by atoms with van der Waals surface area (Å²) in [6.07, 6.45) is 4.67. The first-order valence-electron chi connectivity index (χ1n) is 7.86. The molecule has 4 nitrogen and oxygen atoms in total. The zero-order valence-corrected chi connectivity index (χ0v) is 13.2. The third kappa shape index (κ3) is 3.18. The third-order valence-corrected chi connectivity index (χ3v) is 4.99. The van der Waals surface area contributed by atoms with Gasteiger partial charge < -0.3 is 0 Å². The Labute approximate surface area is 122 Å². The number of hydrogen-bond donors (Lipinski definition) is 2. The van der Waals surface area contributed by atoms with E-state index >= 15 is 0 Å². The SMILES string of the molecule is CCc1nnc(C)cc1C(NN)C1CCC(C)C(C)C1. The van der Waals surface area contributed by atoms with Gasteiger partial charge in [0.15, 0.2) is 0 Å². The lowest BCUT2D eigenvalue weighted by Crippen LogP contribution is -2.37. The van der Waals surface area contributed by atoms with E-state index in [2.05, 4.69) is 42.5 Å². The van der Waals surface area contributed by atoms with Crippen molar-refractivity contribution in [2.75, 3.05) is 0 Å². The Kier molecular flexibility index (Phi) is 5.11. The lowest BCUT2D eigenvalue weighted by atomic mass is 9.72. The van der Waals surface area contributed by atoms with E-state index in [0.717, 1.165) is 29.6 Å². The van der Waals surface area contributed by atoms with Gasteiger partial charge in [-0.1, -0.05) is 27.2 Å². The summed E-state index contributed by atoms with van der Waals surface area (Å²) in [4.78, 5) is 0. The molecule has 0 aliphatic heterocycles. The van der Waals surface area contributed by atoms with Crippen LogP contribution >= 0.6 is 0 Å². The van der Waals surface area contributed by atoms with Gasteiger partial charge in [-0.3, -0.25) is 11.3 Å². The van der Waals surface area contributed by atoms with Crippen LogP contribution in [0.5, 0.6) is 0 Å². The van der Waals surface area contributed by atoms with E-state index in [4.69, 9.17) is 5.84 Å². The lowest BCUT2D eigenvalue weighted by molar-refractivity contribution is 0.171. The van der Waals surface area contributed by atoms with Gasteiger partial charge in [-0.15, -0.1) is 0 Å². The van der Waals surface area contributed by atoms with Crippen molar-refractivity contribution in [3.05, 3.63) is 23.0 Å². The molecule has 3 N–H and O–H groups in total. The molecule has 112 valence electrons. The molecule has 4 heteroatoms. The summed E-state index contributed by atoms with van der Waals surface area (Å²) >= 11 is 0. The second-order valence-electron chi connectivity index (χ2n) is 6.41. The second kappa shape index (κ2) is 6.64. The summed E-state index contributed by atoms with van der Waals surface area (Å²) < 4.78 is 0. The largest absolute Gasteiger partial charge is 0.271 e. The van der Waals surface area contributed by atoms with E-state index in [1.165, 1.54) is 24.8 Å². The van der Waals surface area contributed by atoms with Crippen LogP contribution in [-0.2, 0) is 6.42 Å². The van der Waals surface area contributed by atoms with Crippen LogP contribution in [-0.4, -0.2) is 10.2 Å². The van der Waals surface area contributed by atoms with Crippen LogP contribution in [0.1, 0.15) is 63.0 Å². The fourth-order valence-corrected chi connectivity index (χ4v) is 3.45. The first kappa shape index (κ1) is 15.4. The number of nitrogens with one attached hydrogen (secondary N) is 1. The highest BCUT2D eigenvalue weighted by Crippen LogP contribution is 2.40. The molecule has 1 fully saturated rings. The smallest absolute Gasteiger partial charge is 0.0676 e. The highest BCUT2D eigenvalue weighted by atomic mass is 15.2. The van der Waals surface area contributed by atoms with E-state index in [0.29, 0.717) is 5.92 Å². The summed E-state index contributed by atoms with van der Waals surface area (Å²) in [6.45, 7) is 8.85. The summed E-state index contributed by atoms with van der Waals surface area (Å²) in [5.74, 6) is 8.08. The molecule has 1 saturated carbocycles. The maximum atomic E-state index is 5.89. The van der Waals surface area contributed by atoms with Crippen LogP contribution in [0.4, 0.5) is 0 Å². The summed E-state index contributed by atoms with van der Waals surface area (Å²) in [5.41, 5.74) is 6.34. The summed E-state index contributed by atoms with van der Waals surface area (Å²) in [6, 6.07) is 2.35. The maximum absolute atomic E-state index is 5.89. The Balaban J connectivity index is 2.26. The third-order valence-electron chi connectivity index (χ3n) is 4.99. The highest BCUT2D eigenvalue weighted by Gasteiger charge is 2.31. The van der Waals surface area contributed by atoms with E-state index in [-0.39, 0.29) is 6.04 Å². The standard InChI is InChI=1S/C16H28N4/c1-5-15-14(9-12(4)19-20-15)16(18-17)13-7-6-10(2)11(3)8-13/h9-11,13,16,18H,5-8,17H2,1-4H3. The van der Waals surface area contributed by atoms with Crippen LogP contribution in [0.15, 0.2) is 6.07 Å². The number of nitrogens with zero attached hydrogens (tertiary/aromatic N) is 2. The first-order chi connectivity index (χ1) is 9.56. The molecular weight excluding hydrogens is 248 g/mol. The fraction of sp³-hybridized carbons (Fsp3) is 0.750. The van der Waals surface area contributed by atoms with E-state index in [1.54, 1.807) is 0 Å². The molecule has 0 aromatic carbocycles. The van der Waals surface area contributed by atoms with Crippen LogP contribution < -0.4 is 11.3 Å². The van der Waals surface area contributed by atoms with Crippen molar-refractivity contribution in [2.45, 2.75) is 59.4 Å². The minimum absolute atomic E-state index is 0.203.